The zero-order valence-corrected chi connectivity index (χ0v) is 17.5. The summed E-state index contributed by atoms with van der Waals surface area (Å²) in [4.78, 5) is 26.1. The molecule has 0 spiro atoms. The minimum atomic E-state index is -0.241. The van der Waals surface area contributed by atoms with Gasteiger partial charge < -0.3 is 4.74 Å². The van der Waals surface area contributed by atoms with Gasteiger partial charge in [0.25, 0.3) is 11.8 Å². The van der Waals surface area contributed by atoms with E-state index in [9.17, 15) is 9.59 Å². The molecule has 4 aliphatic carbocycles. The summed E-state index contributed by atoms with van der Waals surface area (Å²) in [5, 5.41) is 6.06. The number of allylic oxidation sites excluding steroid dienone is 2. The number of hydrogen-bond acceptors (Lipinski definition) is 4. The van der Waals surface area contributed by atoms with E-state index in [1.165, 1.54) is 0 Å². The Morgan fingerprint density at radius 1 is 0.968 bits per heavy atom. The van der Waals surface area contributed by atoms with Crippen LogP contribution in [0.25, 0.3) is 0 Å². The molecule has 156 valence electrons. The molecule has 1 aliphatic heterocycles. The summed E-state index contributed by atoms with van der Waals surface area (Å²) < 4.78 is 5.96. The number of imide groups is 1. The molecule has 2 aromatic carbocycles. The Labute approximate surface area is 185 Å². The highest BCUT2D eigenvalue weighted by Crippen LogP contribution is 2.65. The Morgan fingerprint density at radius 2 is 1.61 bits per heavy atom. The molecule has 3 fully saturated rings. The number of rotatable bonds is 5. The highest BCUT2D eigenvalue weighted by molar-refractivity contribution is 6.31. The molecule has 1 heterocycles. The third kappa shape index (κ3) is 2.94. The lowest BCUT2D eigenvalue weighted by Gasteiger charge is -2.37. The van der Waals surface area contributed by atoms with E-state index in [2.05, 4.69) is 17.3 Å². The van der Waals surface area contributed by atoms with Crippen molar-refractivity contribution in [3.05, 3.63) is 76.8 Å². The van der Waals surface area contributed by atoms with Gasteiger partial charge >= 0.3 is 0 Å². The molecule has 5 aliphatic rings. The quantitative estimate of drug-likeness (QED) is 0.402. The molecule has 7 rings (SSSR count). The van der Waals surface area contributed by atoms with Crippen molar-refractivity contribution in [3.63, 3.8) is 0 Å². The summed E-state index contributed by atoms with van der Waals surface area (Å²) >= 11 is 6.22. The fourth-order valence-corrected chi connectivity index (χ4v) is 5.85. The molecule has 0 aromatic heterocycles. The summed E-state index contributed by atoms with van der Waals surface area (Å²) in [5.74, 6) is 1.37. The van der Waals surface area contributed by atoms with Gasteiger partial charge in [0.15, 0.2) is 0 Å². The van der Waals surface area contributed by atoms with E-state index in [1.54, 1.807) is 6.21 Å². The minimum Gasteiger partial charge on any atom is -0.488 e. The van der Waals surface area contributed by atoms with Gasteiger partial charge in [0, 0.05) is 16.1 Å². The topological polar surface area (TPSA) is 59.0 Å². The number of benzene rings is 2. The molecule has 2 bridgehead atoms. The summed E-state index contributed by atoms with van der Waals surface area (Å²) in [5.41, 5.74) is 1.58. The van der Waals surface area contributed by atoms with Gasteiger partial charge in [0.2, 0.25) is 0 Å². The molecule has 0 N–H and O–H groups in total. The van der Waals surface area contributed by atoms with E-state index in [0.29, 0.717) is 34.8 Å². The molecule has 1 saturated heterocycles. The van der Waals surface area contributed by atoms with Crippen LogP contribution in [-0.2, 0) is 16.2 Å². The zero-order chi connectivity index (χ0) is 21.1. The monoisotopic (exact) mass is 432 g/mol. The van der Waals surface area contributed by atoms with E-state index in [-0.39, 0.29) is 35.5 Å². The molecule has 0 unspecified atom stereocenters. The maximum Gasteiger partial charge on any atom is 0.254 e. The average Bonchev–Trinajstić information content (AvgIpc) is 3.57. The molecule has 2 amide bonds. The number of amides is 2. The number of hydrogen-bond donors (Lipinski definition) is 0. The molecule has 6 atom stereocenters. The largest absolute Gasteiger partial charge is 0.488 e. The van der Waals surface area contributed by atoms with E-state index >= 15 is 0 Å². The summed E-state index contributed by atoms with van der Waals surface area (Å²) in [6.45, 7) is 0.314. The van der Waals surface area contributed by atoms with E-state index in [0.717, 1.165) is 17.0 Å². The predicted octanol–water partition coefficient (Wildman–Crippen LogP) is 4.31. The highest BCUT2D eigenvalue weighted by atomic mass is 35.5. The normalized spacial score (nSPS) is 32.5. The van der Waals surface area contributed by atoms with Crippen LogP contribution in [0, 0.1) is 35.5 Å². The van der Waals surface area contributed by atoms with Crippen LogP contribution in [0.5, 0.6) is 5.75 Å². The maximum atomic E-state index is 13.1. The smallest absolute Gasteiger partial charge is 0.254 e. The second-order valence-electron chi connectivity index (χ2n) is 8.81. The van der Waals surface area contributed by atoms with Gasteiger partial charge in [-0.15, -0.1) is 0 Å². The Kier molecular flexibility index (Phi) is 4.29. The molecule has 31 heavy (non-hydrogen) atoms. The van der Waals surface area contributed by atoms with Crippen LogP contribution in [0.15, 0.2) is 65.8 Å². The van der Waals surface area contributed by atoms with Gasteiger partial charge in [-0.1, -0.05) is 54.1 Å². The number of halogens is 1. The van der Waals surface area contributed by atoms with Crippen LogP contribution >= 0.6 is 11.6 Å². The number of ether oxygens (including phenoxy) is 1. The number of hydrazone groups is 1. The first-order valence-corrected chi connectivity index (χ1v) is 11.1. The van der Waals surface area contributed by atoms with E-state index in [4.69, 9.17) is 16.3 Å². The van der Waals surface area contributed by atoms with Crippen LogP contribution in [0.4, 0.5) is 0 Å². The summed E-state index contributed by atoms with van der Waals surface area (Å²) in [7, 11) is 0. The third-order valence-corrected chi connectivity index (χ3v) is 7.58. The Hall–Kier alpha value is -2.92. The Balaban J connectivity index is 1.22. The van der Waals surface area contributed by atoms with Crippen molar-refractivity contribution in [2.45, 2.75) is 13.0 Å². The van der Waals surface area contributed by atoms with Crippen LogP contribution in [0.2, 0.25) is 5.02 Å². The lowest BCUT2D eigenvalue weighted by molar-refractivity contribution is -0.140. The zero-order valence-electron chi connectivity index (χ0n) is 16.7. The number of nitrogens with zero attached hydrogens (tertiary/aromatic N) is 2. The van der Waals surface area contributed by atoms with Crippen LogP contribution in [-0.4, -0.2) is 23.0 Å². The Morgan fingerprint density at radius 3 is 2.32 bits per heavy atom. The van der Waals surface area contributed by atoms with Gasteiger partial charge in [0.1, 0.15) is 12.4 Å². The van der Waals surface area contributed by atoms with Crippen LogP contribution < -0.4 is 4.74 Å². The van der Waals surface area contributed by atoms with Crippen LogP contribution in [0.1, 0.15) is 17.5 Å². The van der Waals surface area contributed by atoms with E-state index < -0.39 is 0 Å². The second-order valence-corrected chi connectivity index (χ2v) is 9.21. The molecular weight excluding hydrogens is 412 g/mol. The van der Waals surface area contributed by atoms with Gasteiger partial charge in [-0.2, -0.15) is 10.1 Å². The number of para-hydroxylation sites is 1. The lowest BCUT2D eigenvalue weighted by atomic mass is 9.63. The summed E-state index contributed by atoms with van der Waals surface area (Å²) in [6.07, 6.45) is 7.02. The first-order valence-electron chi connectivity index (χ1n) is 10.7. The highest BCUT2D eigenvalue weighted by Gasteiger charge is 2.67. The van der Waals surface area contributed by atoms with Crippen molar-refractivity contribution in [2.24, 2.45) is 40.6 Å². The fourth-order valence-electron chi connectivity index (χ4n) is 5.66. The third-order valence-electron chi connectivity index (χ3n) is 7.21. The van der Waals surface area contributed by atoms with Gasteiger partial charge in [-0.25, -0.2) is 0 Å². The second kappa shape index (κ2) is 7.06. The molecule has 5 nitrogen and oxygen atoms in total. The molecule has 2 saturated carbocycles. The number of carbonyl (C=O) groups is 2. The first kappa shape index (κ1) is 18.8. The molecular formula is C25H21ClN2O3. The van der Waals surface area contributed by atoms with Gasteiger partial charge in [0.05, 0.1) is 18.1 Å². The first-order chi connectivity index (χ1) is 15.1. The van der Waals surface area contributed by atoms with Crippen molar-refractivity contribution in [1.82, 2.24) is 5.01 Å². The maximum absolute atomic E-state index is 13.1. The van der Waals surface area contributed by atoms with Crippen molar-refractivity contribution < 1.29 is 14.3 Å². The van der Waals surface area contributed by atoms with Crippen molar-refractivity contribution in [3.8, 4) is 5.75 Å². The minimum absolute atomic E-state index is 0.162. The van der Waals surface area contributed by atoms with Crippen LogP contribution in [0.3, 0.4) is 0 Å². The van der Waals surface area contributed by atoms with Crippen molar-refractivity contribution in [1.29, 1.82) is 0 Å². The Bertz CT molecular complexity index is 1110. The predicted molar refractivity (Wildman–Crippen MR) is 116 cm³/mol. The van der Waals surface area contributed by atoms with Crippen molar-refractivity contribution >= 4 is 29.6 Å². The molecule has 6 heteroatoms. The summed E-state index contributed by atoms with van der Waals surface area (Å²) in [6, 6.07) is 14.9. The standard InChI is InChI=1S/C25H21ClN2O3/c26-20-7-3-1-6-15(20)13-31-21-8-4-2-5-14(21)12-27-28-24(29)22-16-9-10-17(19-11-18(16)19)23(22)25(28)30/h1-10,12,16-19,22-23H,11,13H2/b27-12-/t16-,17-,18-,19+,22+,23-/m1/s1. The molecule has 0 radical (unpaired) electrons. The number of carbonyl (C=O) groups excluding carboxylic acids is 2. The van der Waals surface area contributed by atoms with Gasteiger partial charge in [-0.3, -0.25) is 9.59 Å². The van der Waals surface area contributed by atoms with E-state index in [1.807, 2.05) is 48.5 Å². The SMILES string of the molecule is O=C1[C@@H]2[C@@H]3C=C[C@H]([C@H]4C[C@@H]34)[C@@H]2C(=O)N1/N=C\c1ccccc1OCc1ccccc1Cl. The fraction of sp³-hybridized carbons (Fsp3) is 0.320. The van der Waals surface area contributed by atoms with Crippen molar-refractivity contribution in [2.75, 3.05) is 0 Å². The lowest BCUT2D eigenvalue weighted by Crippen LogP contribution is -2.40. The average molecular weight is 433 g/mol. The van der Waals surface area contributed by atoms with Gasteiger partial charge in [-0.05, 0) is 48.3 Å². The molecule has 2 aromatic rings.